The summed E-state index contributed by atoms with van der Waals surface area (Å²) in [6.07, 6.45) is -2.49. The Balaban J connectivity index is 1.48. The van der Waals surface area contributed by atoms with E-state index in [-0.39, 0.29) is 18.9 Å². The number of carbonyl (C=O) groups is 1. The molecule has 2 heterocycles. The van der Waals surface area contributed by atoms with E-state index in [9.17, 15) is 25.2 Å². The van der Waals surface area contributed by atoms with Gasteiger partial charge in [-0.2, -0.15) is 0 Å². The van der Waals surface area contributed by atoms with Gasteiger partial charge in [-0.25, -0.2) is 0 Å². The topological polar surface area (TPSA) is 249 Å². The lowest BCUT2D eigenvalue weighted by atomic mass is 9.80. The number of nitrogens with one attached hydrogen (secondary N) is 3. The molecular formula is C28H52N6O9. The van der Waals surface area contributed by atoms with Gasteiger partial charge in [-0.3, -0.25) is 4.79 Å². The van der Waals surface area contributed by atoms with Crippen molar-refractivity contribution in [2.24, 2.45) is 23.1 Å². The molecule has 2 aliphatic carbocycles. The summed E-state index contributed by atoms with van der Waals surface area (Å²) >= 11 is 0. The fourth-order valence-corrected chi connectivity index (χ4v) is 6.20. The summed E-state index contributed by atoms with van der Waals surface area (Å²) in [5.74, 6) is -0.0658. The summed E-state index contributed by atoms with van der Waals surface area (Å²) in [4.78, 5) is 13.0. The molecule has 1 saturated heterocycles. The first-order valence-electron chi connectivity index (χ1n) is 15.4. The Bertz CT molecular complexity index is 940. The zero-order valence-electron chi connectivity index (χ0n) is 25.1. The second-order valence-electron chi connectivity index (χ2n) is 12.5. The van der Waals surface area contributed by atoms with E-state index in [4.69, 9.17) is 36.1 Å². The zero-order chi connectivity index (χ0) is 31.3. The number of nitrogens with two attached hydrogens (primary N) is 3. The Labute approximate surface area is 252 Å². The minimum absolute atomic E-state index is 0.122. The number of aliphatic hydroxyl groups is 4. The van der Waals surface area contributed by atoms with Gasteiger partial charge >= 0.3 is 0 Å². The molecule has 0 aromatic heterocycles. The lowest BCUT2D eigenvalue weighted by Crippen LogP contribution is -2.69. The van der Waals surface area contributed by atoms with Gasteiger partial charge in [-0.15, -0.1) is 0 Å². The minimum Gasteiger partial charge on any atom is -0.467 e. The molecule has 4 rings (SSSR count). The molecule has 3 fully saturated rings. The molecule has 248 valence electrons. The van der Waals surface area contributed by atoms with Crippen LogP contribution < -0.4 is 33.2 Å². The fraction of sp³-hybridized carbons (Fsp3) is 0.893. The molecular weight excluding hydrogens is 564 g/mol. The largest absolute Gasteiger partial charge is 0.467 e. The highest BCUT2D eigenvalue weighted by Crippen LogP contribution is 2.33. The van der Waals surface area contributed by atoms with Gasteiger partial charge in [0.15, 0.2) is 6.29 Å². The van der Waals surface area contributed by atoms with Crippen molar-refractivity contribution in [1.82, 2.24) is 16.0 Å². The monoisotopic (exact) mass is 616 g/mol. The maximum Gasteiger partial charge on any atom is 0.249 e. The van der Waals surface area contributed by atoms with Crippen molar-refractivity contribution in [3.8, 4) is 0 Å². The van der Waals surface area contributed by atoms with E-state index in [1.54, 1.807) is 7.05 Å². The summed E-state index contributed by atoms with van der Waals surface area (Å²) in [7, 11) is 1.60. The number of carbonyl (C=O) groups excluding carboxylic acids is 1. The zero-order valence-corrected chi connectivity index (χ0v) is 25.1. The first kappa shape index (κ1) is 34.4. The van der Waals surface area contributed by atoms with Crippen LogP contribution in [0.2, 0.25) is 0 Å². The smallest absolute Gasteiger partial charge is 0.249 e. The van der Waals surface area contributed by atoms with Crippen LogP contribution in [0.4, 0.5) is 0 Å². The summed E-state index contributed by atoms with van der Waals surface area (Å²) in [5.41, 5.74) is 17.0. The van der Waals surface area contributed by atoms with Crippen LogP contribution in [0.5, 0.6) is 0 Å². The summed E-state index contributed by atoms with van der Waals surface area (Å²) in [6, 6.07) is -2.94. The summed E-state index contributed by atoms with van der Waals surface area (Å²) in [5, 5.41) is 52.8. The third-order valence-electron chi connectivity index (χ3n) is 9.03. The van der Waals surface area contributed by atoms with E-state index in [1.165, 1.54) is 6.92 Å². The number of aliphatic hydroxyl groups excluding tert-OH is 3. The Kier molecular flexibility index (Phi) is 12.2. The van der Waals surface area contributed by atoms with Gasteiger partial charge in [0.1, 0.15) is 41.9 Å². The maximum absolute atomic E-state index is 13.0. The predicted octanol–water partition coefficient (Wildman–Crippen LogP) is -3.55. The number of ether oxygens (including phenoxy) is 4. The second kappa shape index (κ2) is 15.2. The molecule has 2 aliphatic heterocycles. The van der Waals surface area contributed by atoms with Crippen LogP contribution in [0, 0.1) is 5.92 Å². The van der Waals surface area contributed by atoms with Gasteiger partial charge < -0.3 is 72.5 Å². The lowest BCUT2D eigenvalue weighted by molar-refractivity contribution is -0.304. The standard InChI is InChI=1S/C28H52N6O9/c1-28(39)13-40-27(21(37)24(28)32-2)43-23-18(34-25(38)19(35)14-5-3-6-14)11-17(31)22(20(23)36)42-26-16(30)8-7-15(41-26)12-33-10-4-9-29/h7,14,16-24,26-27,32-33,35-37,39H,3-6,8-13,29-31H2,1-2H3,(H,34,38)/t16-,17+,18-,19?,20+,21-,22-,23+,24-,26-,27-,28+/m1/s1. The van der Waals surface area contributed by atoms with Gasteiger partial charge in [-0.1, -0.05) is 6.42 Å². The van der Waals surface area contributed by atoms with Crippen LogP contribution in [0.15, 0.2) is 11.8 Å². The van der Waals surface area contributed by atoms with Crippen molar-refractivity contribution in [3.63, 3.8) is 0 Å². The molecule has 15 heteroatoms. The van der Waals surface area contributed by atoms with Crippen LogP contribution in [0.25, 0.3) is 0 Å². The molecule has 13 N–H and O–H groups in total. The number of hydrogen-bond donors (Lipinski definition) is 10. The third kappa shape index (κ3) is 8.23. The van der Waals surface area contributed by atoms with Crippen molar-refractivity contribution < 1.29 is 44.2 Å². The van der Waals surface area contributed by atoms with Crippen LogP contribution >= 0.6 is 0 Å². The van der Waals surface area contributed by atoms with Gasteiger partial charge in [0.2, 0.25) is 12.2 Å². The van der Waals surface area contributed by atoms with E-state index < -0.39 is 78.8 Å². The van der Waals surface area contributed by atoms with Gasteiger partial charge in [0.05, 0.1) is 31.3 Å². The Morgan fingerprint density at radius 3 is 2.53 bits per heavy atom. The molecule has 0 aromatic carbocycles. The van der Waals surface area contributed by atoms with Crippen LogP contribution in [-0.4, -0.2) is 132 Å². The van der Waals surface area contributed by atoms with Crippen LogP contribution in [0.1, 0.15) is 45.4 Å². The highest BCUT2D eigenvalue weighted by molar-refractivity contribution is 5.81. The van der Waals surface area contributed by atoms with Crippen molar-refractivity contribution in [1.29, 1.82) is 0 Å². The third-order valence-corrected chi connectivity index (χ3v) is 9.03. The van der Waals surface area contributed by atoms with Crippen molar-refractivity contribution in [2.45, 2.75) is 118 Å². The van der Waals surface area contributed by atoms with Crippen molar-refractivity contribution in [2.75, 3.05) is 33.3 Å². The Morgan fingerprint density at radius 1 is 1.16 bits per heavy atom. The molecule has 0 aromatic rings. The molecule has 43 heavy (non-hydrogen) atoms. The van der Waals surface area contributed by atoms with Gasteiger partial charge in [-0.05, 0) is 71.2 Å². The van der Waals surface area contributed by atoms with Crippen LogP contribution in [0.3, 0.4) is 0 Å². The Hall–Kier alpha value is -1.47. The van der Waals surface area contributed by atoms with Gasteiger partial charge in [0, 0.05) is 6.04 Å². The van der Waals surface area contributed by atoms with Crippen molar-refractivity contribution >= 4 is 5.91 Å². The molecule has 0 bridgehead atoms. The van der Waals surface area contributed by atoms with E-state index in [0.717, 1.165) is 32.2 Å². The Morgan fingerprint density at radius 2 is 1.88 bits per heavy atom. The maximum atomic E-state index is 13.0. The highest BCUT2D eigenvalue weighted by atomic mass is 16.7. The van der Waals surface area contributed by atoms with E-state index in [1.807, 2.05) is 6.08 Å². The number of hydrogen-bond acceptors (Lipinski definition) is 14. The molecule has 0 spiro atoms. The first-order valence-corrected chi connectivity index (χ1v) is 15.4. The van der Waals surface area contributed by atoms with Gasteiger partial charge in [0.25, 0.3) is 0 Å². The normalized spacial score (nSPS) is 41.1. The number of likely N-dealkylation sites (N-methyl/N-ethyl adjacent to an activating group) is 1. The van der Waals surface area contributed by atoms with E-state index in [0.29, 0.717) is 25.3 Å². The minimum atomic E-state index is -1.41. The summed E-state index contributed by atoms with van der Waals surface area (Å²) in [6.45, 7) is 3.13. The quantitative estimate of drug-likeness (QED) is 0.0900. The first-order chi connectivity index (χ1) is 20.5. The average molecular weight is 617 g/mol. The molecule has 15 nitrogen and oxygen atoms in total. The molecule has 1 amide bonds. The summed E-state index contributed by atoms with van der Waals surface area (Å²) < 4.78 is 24.1. The van der Waals surface area contributed by atoms with Crippen LogP contribution in [-0.2, 0) is 23.7 Å². The second-order valence-corrected chi connectivity index (χ2v) is 12.5. The highest BCUT2D eigenvalue weighted by Gasteiger charge is 2.52. The fourth-order valence-electron chi connectivity index (χ4n) is 6.20. The van der Waals surface area contributed by atoms with Crippen molar-refractivity contribution in [3.05, 3.63) is 11.8 Å². The molecule has 1 unspecified atom stereocenters. The van der Waals surface area contributed by atoms with E-state index >= 15 is 0 Å². The lowest BCUT2D eigenvalue weighted by Gasteiger charge is -2.49. The predicted molar refractivity (Wildman–Crippen MR) is 155 cm³/mol. The SMILES string of the molecule is CN[C@@H]1[C@@H](O)[C@@H](O[C@@H]2[C@@H](O)[C@H](O[C@H]3OC(CNCCCN)=CC[C@H]3N)[C@@H](N)C[C@H]2NC(=O)C(O)C2CCC2)OC[C@]1(C)O. The number of rotatable bonds is 13. The van der Waals surface area contributed by atoms with E-state index in [2.05, 4.69) is 16.0 Å². The molecule has 0 radical (unpaired) electrons. The average Bonchev–Trinajstić information content (AvgIpc) is 2.92. The molecule has 4 aliphatic rings. The molecule has 12 atom stereocenters. The number of amides is 1. The molecule has 2 saturated carbocycles.